The Morgan fingerprint density at radius 1 is 1.00 bits per heavy atom. The van der Waals surface area contributed by atoms with Crippen molar-refractivity contribution >= 4 is 11.8 Å². The predicted molar refractivity (Wildman–Crippen MR) is 82.6 cm³/mol. The van der Waals surface area contributed by atoms with E-state index >= 15 is 0 Å². The van der Waals surface area contributed by atoms with E-state index in [-0.39, 0.29) is 11.8 Å². The fourth-order valence-corrected chi connectivity index (χ4v) is 1.91. The van der Waals surface area contributed by atoms with Crippen LogP contribution < -0.4 is 0 Å². The lowest BCUT2D eigenvalue weighted by molar-refractivity contribution is -0.159. The number of hydrogen-bond acceptors (Lipinski definition) is 3. The van der Waals surface area contributed by atoms with E-state index in [1.165, 1.54) is 25.7 Å². The summed E-state index contributed by atoms with van der Waals surface area (Å²) in [6.45, 7) is 9.89. The minimum Gasteiger partial charge on any atom is -0.465 e. The predicted octanol–water partition coefficient (Wildman–Crippen LogP) is 4.53. The smallest absolute Gasteiger partial charge is 0.319 e. The van der Waals surface area contributed by atoms with Crippen molar-refractivity contribution in [3.05, 3.63) is 0 Å². The highest BCUT2D eigenvalue weighted by atomic mass is 16.5. The molecule has 3 nitrogen and oxygen atoms in total. The second-order valence-electron chi connectivity index (χ2n) is 6.56. The molecule has 0 unspecified atom stereocenters. The third-order valence-electron chi connectivity index (χ3n) is 3.51. The lowest BCUT2D eigenvalue weighted by atomic mass is 9.85. The first-order valence-electron chi connectivity index (χ1n) is 8.02. The Kier molecular flexibility index (Phi) is 9.52. The Morgan fingerprint density at radius 3 is 2.10 bits per heavy atom. The molecule has 0 aromatic carbocycles. The SMILES string of the molecule is CCCCCCCCC(=O)C(C)(C)C(=O)OCC(C)C. The molecular weight excluding hydrogens is 252 g/mol. The van der Waals surface area contributed by atoms with Gasteiger partial charge in [-0.1, -0.05) is 52.9 Å². The highest BCUT2D eigenvalue weighted by Crippen LogP contribution is 2.23. The van der Waals surface area contributed by atoms with Gasteiger partial charge in [-0.15, -0.1) is 0 Å². The van der Waals surface area contributed by atoms with Crippen LogP contribution in [0, 0.1) is 11.3 Å². The van der Waals surface area contributed by atoms with Crippen molar-refractivity contribution in [2.45, 2.75) is 79.6 Å². The van der Waals surface area contributed by atoms with Gasteiger partial charge in [0.2, 0.25) is 0 Å². The third-order valence-corrected chi connectivity index (χ3v) is 3.51. The number of hydrogen-bond donors (Lipinski definition) is 0. The van der Waals surface area contributed by atoms with Crippen LogP contribution in [-0.4, -0.2) is 18.4 Å². The van der Waals surface area contributed by atoms with Gasteiger partial charge in [0.15, 0.2) is 0 Å². The highest BCUT2D eigenvalue weighted by Gasteiger charge is 2.36. The van der Waals surface area contributed by atoms with Crippen molar-refractivity contribution in [2.24, 2.45) is 11.3 Å². The number of ketones is 1. The van der Waals surface area contributed by atoms with Crippen molar-refractivity contribution in [1.82, 2.24) is 0 Å². The van der Waals surface area contributed by atoms with Gasteiger partial charge in [-0.2, -0.15) is 0 Å². The summed E-state index contributed by atoms with van der Waals surface area (Å²) in [6.07, 6.45) is 7.35. The molecule has 0 amide bonds. The lowest BCUT2D eigenvalue weighted by Gasteiger charge is -2.21. The Bertz CT molecular complexity index is 293. The maximum absolute atomic E-state index is 12.1. The van der Waals surface area contributed by atoms with Crippen LogP contribution in [0.3, 0.4) is 0 Å². The van der Waals surface area contributed by atoms with E-state index in [0.717, 1.165) is 12.8 Å². The summed E-state index contributed by atoms with van der Waals surface area (Å²) in [7, 11) is 0. The molecule has 0 atom stereocenters. The van der Waals surface area contributed by atoms with Crippen LogP contribution in [-0.2, 0) is 14.3 Å². The fourth-order valence-electron chi connectivity index (χ4n) is 1.91. The molecule has 20 heavy (non-hydrogen) atoms. The van der Waals surface area contributed by atoms with Gasteiger partial charge in [-0.05, 0) is 26.2 Å². The first kappa shape index (κ1) is 19.1. The number of unbranched alkanes of at least 4 members (excludes halogenated alkanes) is 5. The number of Topliss-reactive ketones (excluding diaryl/α,β-unsaturated/α-hetero) is 1. The summed E-state index contributed by atoms with van der Waals surface area (Å²) in [5.41, 5.74) is -1.00. The summed E-state index contributed by atoms with van der Waals surface area (Å²) >= 11 is 0. The molecule has 3 heteroatoms. The van der Waals surface area contributed by atoms with Gasteiger partial charge in [0.25, 0.3) is 0 Å². The van der Waals surface area contributed by atoms with E-state index in [9.17, 15) is 9.59 Å². The Balaban J connectivity index is 4.01. The van der Waals surface area contributed by atoms with Crippen molar-refractivity contribution in [1.29, 1.82) is 0 Å². The molecule has 0 spiro atoms. The highest BCUT2D eigenvalue weighted by molar-refractivity contribution is 6.02. The maximum Gasteiger partial charge on any atom is 0.319 e. The molecule has 0 aromatic heterocycles. The lowest BCUT2D eigenvalue weighted by Crippen LogP contribution is -2.35. The fraction of sp³-hybridized carbons (Fsp3) is 0.882. The second-order valence-corrected chi connectivity index (χ2v) is 6.56. The molecule has 0 aliphatic carbocycles. The summed E-state index contributed by atoms with van der Waals surface area (Å²) in [5.74, 6) is -0.0904. The molecule has 118 valence electrons. The zero-order valence-corrected chi connectivity index (χ0v) is 14.0. The summed E-state index contributed by atoms with van der Waals surface area (Å²) in [5, 5.41) is 0. The van der Waals surface area contributed by atoms with Crippen molar-refractivity contribution in [3.8, 4) is 0 Å². The van der Waals surface area contributed by atoms with Gasteiger partial charge in [-0.3, -0.25) is 9.59 Å². The van der Waals surface area contributed by atoms with Crippen LogP contribution in [0.15, 0.2) is 0 Å². The molecule has 0 bridgehead atoms. The first-order valence-corrected chi connectivity index (χ1v) is 8.02. The van der Waals surface area contributed by atoms with Gasteiger partial charge >= 0.3 is 5.97 Å². The summed E-state index contributed by atoms with van der Waals surface area (Å²) in [6, 6.07) is 0. The third kappa shape index (κ3) is 7.66. The van der Waals surface area contributed by atoms with E-state index < -0.39 is 5.41 Å². The second kappa shape index (κ2) is 9.95. The molecule has 0 rings (SSSR count). The summed E-state index contributed by atoms with van der Waals surface area (Å²) in [4.78, 5) is 24.1. The van der Waals surface area contributed by atoms with Crippen molar-refractivity contribution in [3.63, 3.8) is 0 Å². The van der Waals surface area contributed by atoms with Gasteiger partial charge in [-0.25, -0.2) is 0 Å². The zero-order chi connectivity index (χ0) is 15.6. The van der Waals surface area contributed by atoms with Crippen LogP contribution >= 0.6 is 0 Å². The van der Waals surface area contributed by atoms with Crippen LogP contribution in [0.25, 0.3) is 0 Å². The standard InChI is InChI=1S/C17H32O3/c1-6-7-8-9-10-11-12-15(18)17(4,5)16(19)20-13-14(2)3/h14H,6-13H2,1-5H3. The Hall–Kier alpha value is -0.860. The van der Waals surface area contributed by atoms with E-state index in [2.05, 4.69) is 6.92 Å². The molecule has 0 heterocycles. The first-order chi connectivity index (χ1) is 9.32. The van der Waals surface area contributed by atoms with E-state index in [1.54, 1.807) is 13.8 Å². The molecular formula is C17H32O3. The van der Waals surface area contributed by atoms with Gasteiger partial charge in [0.05, 0.1) is 6.61 Å². The van der Waals surface area contributed by atoms with E-state index in [0.29, 0.717) is 18.9 Å². The van der Waals surface area contributed by atoms with Gasteiger partial charge in [0.1, 0.15) is 11.2 Å². The van der Waals surface area contributed by atoms with Crippen LogP contribution in [0.2, 0.25) is 0 Å². The minimum atomic E-state index is -1.00. The molecule has 0 radical (unpaired) electrons. The van der Waals surface area contributed by atoms with Crippen LogP contribution in [0.4, 0.5) is 0 Å². The van der Waals surface area contributed by atoms with Gasteiger partial charge in [0, 0.05) is 6.42 Å². The topological polar surface area (TPSA) is 43.4 Å². The molecule has 0 saturated heterocycles. The van der Waals surface area contributed by atoms with E-state index in [4.69, 9.17) is 4.74 Å². The van der Waals surface area contributed by atoms with Crippen LogP contribution in [0.5, 0.6) is 0 Å². The van der Waals surface area contributed by atoms with Gasteiger partial charge < -0.3 is 4.74 Å². The van der Waals surface area contributed by atoms with Crippen molar-refractivity contribution in [2.75, 3.05) is 6.61 Å². The quantitative estimate of drug-likeness (QED) is 0.318. The number of carbonyl (C=O) groups is 2. The maximum atomic E-state index is 12.1. The van der Waals surface area contributed by atoms with Crippen molar-refractivity contribution < 1.29 is 14.3 Å². The number of carbonyl (C=O) groups excluding carboxylic acids is 2. The summed E-state index contributed by atoms with van der Waals surface area (Å²) < 4.78 is 5.19. The minimum absolute atomic E-state index is 0.00162. The molecule has 0 saturated carbocycles. The molecule has 0 aliphatic rings. The Labute approximate surface area is 124 Å². The Morgan fingerprint density at radius 2 is 1.55 bits per heavy atom. The van der Waals surface area contributed by atoms with E-state index in [1.807, 2.05) is 13.8 Å². The normalized spacial score (nSPS) is 11.7. The largest absolute Gasteiger partial charge is 0.465 e. The zero-order valence-electron chi connectivity index (χ0n) is 14.0. The number of ether oxygens (including phenoxy) is 1. The number of esters is 1. The molecule has 0 aliphatic heterocycles. The molecule has 0 N–H and O–H groups in total. The average molecular weight is 284 g/mol. The van der Waals surface area contributed by atoms with Crippen LogP contribution in [0.1, 0.15) is 79.6 Å². The molecule has 0 fully saturated rings. The molecule has 0 aromatic rings. The number of rotatable bonds is 11. The average Bonchev–Trinajstić information content (AvgIpc) is 2.39. The monoisotopic (exact) mass is 284 g/mol.